The lowest BCUT2D eigenvalue weighted by atomic mass is 10.0. The van der Waals surface area contributed by atoms with Gasteiger partial charge in [-0.25, -0.2) is 9.37 Å². The number of hydrogen-bond donors (Lipinski definition) is 1. The predicted molar refractivity (Wildman–Crippen MR) is 92.7 cm³/mol. The van der Waals surface area contributed by atoms with E-state index in [1.165, 1.54) is 42.5 Å². The summed E-state index contributed by atoms with van der Waals surface area (Å²) >= 11 is 5.67. The van der Waals surface area contributed by atoms with Crippen molar-refractivity contribution in [2.75, 3.05) is 5.73 Å². The molecule has 4 nitrogen and oxygen atoms in total. The molecule has 0 amide bonds. The summed E-state index contributed by atoms with van der Waals surface area (Å²) in [5.74, 6) is -1.14. The number of benzene rings is 2. The van der Waals surface area contributed by atoms with E-state index >= 15 is 0 Å². The standard InChI is InChI=1S/C18H12ClF4N3O/c19-14-9-15(26-17(24)25-14)27-16(18(21,22)23)11-6-4-10(5-7-11)12-2-1-3-13(20)8-12/h1-9,16H,(H2,24,25,26). The van der Waals surface area contributed by atoms with Gasteiger partial charge in [0.1, 0.15) is 11.0 Å². The molecule has 27 heavy (non-hydrogen) atoms. The second kappa shape index (κ2) is 7.40. The molecule has 3 aromatic rings. The molecule has 0 bridgehead atoms. The van der Waals surface area contributed by atoms with Gasteiger partial charge in [-0.3, -0.25) is 0 Å². The summed E-state index contributed by atoms with van der Waals surface area (Å²) in [5, 5.41) is -0.139. The van der Waals surface area contributed by atoms with E-state index in [-0.39, 0.29) is 16.7 Å². The third-order valence-corrected chi connectivity index (χ3v) is 3.79. The van der Waals surface area contributed by atoms with Crippen LogP contribution in [0.2, 0.25) is 5.15 Å². The van der Waals surface area contributed by atoms with Gasteiger partial charge in [0, 0.05) is 11.6 Å². The van der Waals surface area contributed by atoms with Crippen molar-refractivity contribution in [3.8, 4) is 17.0 Å². The summed E-state index contributed by atoms with van der Waals surface area (Å²) in [7, 11) is 0. The maximum absolute atomic E-state index is 13.5. The highest BCUT2D eigenvalue weighted by Gasteiger charge is 2.43. The first-order valence-electron chi connectivity index (χ1n) is 7.62. The van der Waals surface area contributed by atoms with E-state index in [1.807, 2.05) is 0 Å². The number of halogens is 5. The van der Waals surface area contributed by atoms with Crippen LogP contribution >= 0.6 is 11.6 Å². The highest BCUT2D eigenvalue weighted by Crippen LogP contribution is 2.37. The molecule has 0 aliphatic heterocycles. The smallest absolute Gasteiger partial charge is 0.429 e. The first kappa shape index (κ1) is 18.9. The Morgan fingerprint density at radius 1 is 0.963 bits per heavy atom. The van der Waals surface area contributed by atoms with Gasteiger partial charge in [0.2, 0.25) is 17.9 Å². The second-order valence-electron chi connectivity index (χ2n) is 5.56. The molecule has 1 aromatic heterocycles. The molecule has 0 radical (unpaired) electrons. The van der Waals surface area contributed by atoms with Crippen LogP contribution in [-0.4, -0.2) is 16.1 Å². The molecule has 9 heteroatoms. The highest BCUT2D eigenvalue weighted by atomic mass is 35.5. The average molecular weight is 398 g/mol. The van der Waals surface area contributed by atoms with Crippen molar-refractivity contribution in [3.05, 3.63) is 71.1 Å². The molecule has 3 rings (SSSR count). The number of nitrogens with two attached hydrogens (primary N) is 1. The first-order valence-corrected chi connectivity index (χ1v) is 7.99. The maximum atomic E-state index is 13.5. The Morgan fingerprint density at radius 2 is 1.67 bits per heavy atom. The molecule has 2 N–H and O–H groups in total. The molecule has 1 unspecified atom stereocenters. The first-order chi connectivity index (χ1) is 12.7. The molecule has 0 aliphatic rings. The Kier molecular flexibility index (Phi) is 5.18. The number of aromatic nitrogens is 2. The molecule has 1 heterocycles. The monoisotopic (exact) mass is 397 g/mol. The number of ether oxygens (including phenoxy) is 1. The van der Waals surface area contributed by atoms with Crippen molar-refractivity contribution in [1.82, 2.24) is 9.97 Å². The summed E-state index contributed by atoms with van der Waals surface area (Å²) in [4.78, 5) is 7.17. The summed E-state index contributed by atoms with van der Waals surface area (Å²) in [5.41, 5.74) is 6.33. The van der Waals surface area contributed by atoms with Gasteiger partial charge in [-0.05, 0) is 23.3 Å². The highest BCUT2D eigenvalue weighted by molar-refractivity contribution is 6.29. The second-order valence-corrected chi connectivity index (χ2v) is 5.95. The predicted octanol–water partition coefficient (Wildman–Crippen LogP) is 5.20. The van der Waals surface area contributed by atoms with Crippen molar-refractivity contribution < 1.29 is 22.3 Å². The lowest BCUT2D eigenvalue weighted by Crippen LogP contribution is -2.26. The van der Waals surface area contributed by atoms with Crippen LogP contribution in [0.4, 0.5) is 23.5 Å². The van der Waals surface area contributed by atoms with E-state index in [0.717, 1.165) is 6.07 Å². The maximum Gasteiger partial charge on any atom is 0.429 e. The van der Waals surface area contributed by atoms with Gasteiger partial charge in [-0.15, -0.1) is 0 Å². The molecular weight excluding hydrogens is 386 g/mol. The largest absolute Gasteiger partial charge is 0.460 e. The number of hydrogen-bond acceptors (Lipinski definition) is 4. The molecule has 0 saturated heterocycles. The van der Waals surface area contributed by atoms with Crippen LogP contribution in [0.3, 0.4) is 0 Å². The van der Waals surface area contributed by atoms with Crippen LogP contribution in [0.1, 0.15) is 11.7 Å². The Hall–Kier alpha value is -2.87. The number of nitrogen functional groups attached to an aromatic ring is 1. The normalized spacial score (nSPS) is 12.6. The number of anilines is 1. The van der Waals surface area contributed by atoms with Gasteiger partial charge in [0.25, 0.3) is 0 Å². The van der Waals surface area contributed by atoms with Crippen molar-refractivity contribution in [3.63, 3.8) is 0 Å². The van der Waals surface area contributed by atoms with Crippen molar-refractivity contribution >= 4 is 17.5 Å². The third kappa shape index (κ3) is 4.65. The van der Waals surface area contributed by atoms with Gasteiger partial charge in [-0.2, -0.15) is 18.2 Å². The van der Waals surface area contributed by atoms with Gasteiger partial charge < -0.3 is 10.5 Å². The van der Waals surface area contributed by atoms with Gasteiger partial charge >= 0.3 is 6.18 Å². The number of nitrogens with zero attached hydrogens (tertiary/aromatic N) is 2. The SMILES string of the molecule is Nc1nc(Cl)cc(OC(c2ccc(-c3cccc(F)c3)cc2)C(F)(F)F)n1. The average Bonchev–Trinajstić information content (AvgIpc) is 2.58. The Labute approximate surface area is 156 Å². The molecule has 0 aliphatic carbocycles. The van der Waals surface area contributed by atoms with E-state index < -0.39 is 24.0 Å². The van der Waals surface area contributed by atoms with E-state index in [2.05, 4.69) is 9.97 Å². The lowest BCUT2D eigenvalue weighted by molar-refractivity contribution is -0.198. The van der Waals surface area contributed by atoms with Crippen LogP contribution in [0.5, 0.6) is 5.88 Å². The molecule has 0 spiro atoms. The van der Waals surface area contributed by atoms with Crippen LogP contribution in [-0.2, 0) is 0 Å². The van der Waals surface area contributed by atoms with E-state index in [1.54, 1.807) is 6.07 Å². The van der Waals surface area contributed by atoms with E-state index in [0.29, 0.717) is 11.1 Å². The van der Waals surface area contributed by atoms with Crippen molar-refractivity contribution in [2.24, 2.45) is 0 Å². The van der Waals surface area contributed by atoms with Crippen LogP contribution in [0.25, 0.3) is 11.1 Å². The fraction of sp³-hybridized carbons (Fsp3) is 0.111. The lowest BCUT2D eigenvalue weighted by Gasteiger charge is -2.22. The number of rotatable bonds is 4. The summed E-state index contributed by atoms with van der Waals surface area (Å²) in [6.45, 7) is 0. The Balaban J connectivity index is 1.91. The van der Waals surface area contributed by atoms with Crippen LogP contribution in [0.15, 0.2) is 54.6 Å². The topological polar surface area (TPSA) is 61.0 Å². The minimum atomic E-state index is -4.72. The van der Waals surface area contributed by atoms with Crippen molar-refractivity contribution in [1.29, 1.82) is 0 Å². The molecule has 1 atom stereocenters. The fourth-order valence-corrected chi connectivity index (χ4v) is 2.62. The Morgan fingerprint density at radius 3 is 2.26 bits per heavy atom. The zero-order valence-electron chi connectivity index (χ0n) is 13.5. The zero-order valence-corrected chi connectivity index (χ0v) is 14.3. The summed E-state index contributed by atoms with van der Waals surface area (Å²) in [6, 6.07) is 12.2. The van der Waals surface area contributed by atoms with E-state index in [9.17, 15) is 17.6 Å². The molecule has 140 valence electrons. The molecule has 0 fully saturated rings. The van der Waals surface area contributed by atoms with Gasteiger partial charge in [0.05, 0.1) is 0 Å². The van der Waals surface area contributed by atoms with Crippen LogP contribution < -0.4 is 10.5 Å². The summed E-state index contributed by atoms with van der Waals surface area (Å²) < 4.78 is 58.8. The van der Waals surface area contributed by atoms with Gasteiger partial charge in [-0.1, -0.05) is 48.0 Å². The molecule has 2 aromatic carbocycles. The Bertz CT molecular complexity index is 928. The van der Waals surface area contributed by atoms with Gasteiger partial charge in [0.15, 0.2) is 0 Å². The van der Waals surface area contributed by atoms with Crippen molar-refractivity contribution in [2.45, 2.75) is 12.3 Å². The minimum Gasteiger partial charge on any atom is -0.460 e. The van der Waals surface area contributed by atoms with Crippen LogP contribution in [0, 0.1) is 5.82 Å². The number of alkyl halides is 3. The quantitative estimate of drug-likeness (QED) is 0.485. The molecular formula is C18H12ClF4N3O. The third-order valence-electron chi connectivity index (χ3n) is 3.60. The minimum absolute atomic E-state index is 0.139. The summed E-state index contributed by atoms with van der Waals surface area (Å²) in [6.07, 6.45) is -7.00. The van der Waals surface area contributed by atoms with E-state index in [4.69, 9.17) is 22.1 Å². The molecule has 0 saturated carbocycles. The fourth-order valence-electron chi connectivity index (χ4n) is 2.44. The zero-order chi connectivity index (χ0) is 19.6.